The minimum atomic E-state index is 0.0875. The van der Waals surface area contributed by atoms with Crippen molar-refractivity contribution in [2.75, 3.05) is 7.11 Å². The molecule has 0 amide bonds. The number of fused-ring (bicyclic) bond motifs is 1. The van der Waals surface area contributed by atoms with E-state index < -0.39 is 0 Å². The predicted molar refractivity (Wildman–Crippen MR) is 49.8 cm³/mol. The molecule has 0 aliphatic heterocycles. The lowest BCUT2D eigenvalue weighted by atomic mass is 9.77. The van der Waals surface area contributed by atoms with Crippen LogP contribution in [0.2, 0.25) is 0 Å². The molecule has 0 bridgehead atoms. The topological polar surface area (TPSA) is 33.0 Å². The number of nitriles is 1. The van der Waals surface area contributed by atoms with Crippen LogP contribution in [0.3, 0.4) is 0 Å². The smallest absolute Gasteiger partial charge is 0.122 e. The van der Waals surface area contributed by atoms with Crippen LogP contribution in [0.4, 0.5) is 0 Å². The van der Waals surface area contributed by atoms with E-state index in [-0.39, 0.29) is 5.92 Å². The molecule has 0 radical (unpaired) electrons. The van der Waals surface area contributed by atoms with Crippen molar-refractivity contribution < 1.29 is 4.74 Å². The Balaban J connectivity index is 2.46. The van der Waals surface area contributed by atoms with Gasteiger partial charge in [0.15, 0.2) is 0 Å². The van der Waals surface area contributed by atoms with Crippen LogP contribution in [0, 0.1) is 18.3 Å². The molecule has 0 heterocycles. The van der Waals surface area contributed by atoms with Crippen molar-refractivity contribution in [3.8, 4) is 11.8 Å². The van der Waals surface area contributed by atoms with Crippen molar-refractivity contribution in [1.29, 1.82) is 5.26 Å². The molecule has 0 saturated carbocycles. The van der Waals surface area contributed by atoms with Gasteiger partial charge < -0.3 is 4.74 Å². The number of ether oxygens (including phenoxy) is 1. The molecule has 2 rings (SSSR count). The van der Waals surface area contributed by atoms with E-state index >= 15 is 0 Å². The maximum absolute atomic E-state index is 8.77. The van der Waals surface area contributed by atoms with Crippen LogP contribution in [0.15, 0.2) is 12.1 Å². The predicted octanol–water partition coefficient (Wildman–Crippen LogP) is 2.17. The molecule has 0 N–H and O–H groups in total. The molecule has 2 heteroatoms. The zero-order valence-corrected chi connectivity index (χ0v) is 7.79. The van der Waals surface area contributed by atoms with Crippen LogP contribution in [-0.2, 0) is 6.42 Å². The van der Waals surface area contributed by atoms with E-state index in [0.29, 0.717) is 0 Å². The first-order chi connectivity index (χ1) is 6.26. The van der Waals surface area contributed by atoms with Gasteiger partial charge in [-0.3, -0.25) is 0 Å². The Hall–Kier alpha value is -1.49. The average Bonchev–Trinajstić information content (AvgIpc) is 2.11. The summed E-state index contributed by atoms with van der Waals surface area (Å²) in [6.45, 7) is 2.03. The zero-order chi connectivity index (χ0) is 9.42. The highest BCUT2D eigenvalue weighted by molar-refractivity contribution is 5.51. The summed E-state index contributed by atoms with van der Waals surface area (Å²) < 4.78 is 5.20. The van der Waals surface area contributed by atoms with Crippen LogP contribution in [-0.4, -0.2) is 7.11 Å². The van der Waals surface area contributed by atoms with E-state index in [9.17, 15) is 0 Å². The van der Waals surface area contributed by atoms with Crippen molar-refractivity contribution in [1.82, 2.24) is 0 Å². The summed E-state index contributed by atoms with van der Waals surface area (Å²) in [4.78, 5) is 0. The fourth-order valence-corrected chi connectivity index (χ4v) is 1.80. The minimum absolute atomic E-state index is 0.0875. The van der Waals surface area contributed by atoms with Gasteiger partial charge in [0, 0.05) is 0 Å². The number of hydrogen-bond acceptors (Lipinski definition) is 2. The Labute approximate surface area is 77.8 Å². The van der Waals surface area contributed by atoms with Gasteiger partial charge in [-0.05, 0) is 36.1 Å². The normalized spacial score (nSPS) is 18.4. The van der Waals surface area contributed by atoms with Crippen molar-refractivity contribution in [3.63, 3.8) is 0 Å². The summed E-state index contributed by atoms with van der Waals surface area (Å²) in [5.74, 6) is 0.975. The zero-order valence-electron chi connectivity index (χ0n) is 7.79. The number of nitrogens with zero attached hydrogens (tertiary/aromatic N) is 1. The maximum Gasteiger partial charge on any atom is 0.122 e. The average molecular weight is 173 g/mol. The fraction of sp³-hybridized carbons (Fsp3) is 0.364. The van der Waals surface area contributed by atoms with Gasteiger partial charge in [0.2, 0.25) is 0 Å². The van der Waals surface area contributed by atoms with Crippen molar-refractivity contribution in [2.24, 2.45) is 0 Å². The lowest BCUT2D eigenvalue weighted by Crippen LogP contribution is -2.15. The highest BCUT2D eigenvalue weighted by atomic mass is 16.5. The molecule has 0 unspecified atom stereocenters. The van der Waals surface area contributed by atoms with E-state index in [0.717, 1.165) is 23.3 Å². The largest absolute Gasteiger partial charge is 0.496 e. The molecule has 2 nitrogen and oxygen atoms in total. The summed E-state index contributed by atoms with van der Waals surface area (Å²) in [5, 5.41) is 8.77. The first-order valence-corrected chi connectivity index (χ1v) is 4.33. The molecule has 0 fully saturated rings. The second-order valence-electron chi connectivity index (χ2n) is 3.41. The summed E-state index contributed by atoms with van der Waals surface area (Å²) in [6.07, 6.45) is 0.899. The fourth-order valence-electron chi connectivity index (χ4n) is 1.80. The molecule has 0 spiro atoms. The molecule has 1 aromatic rings. The van der Waals surface area contributed by atoms with Crippen LogP contribution < -0.4 is 4.74 Å². The van der Waals surface area contributed by atoms with Crippen molar-refractivity contribution >= 4 is 0 Å². The van der Waals surface area contributed by atoms with Crippen LogP contribution in [0.5, 0.6) is 5.75 Å². The highest BCUT2D eigenvalue weighted by Gasteiger charge is 2.26. The molecule has 0 saturated heterocycles. The summed E-state index contributed by atoms with van der Waals surface area (Å²) in [6, 6.07) is 6.37. The Morgan fingerprint density at radius 2 is 2.31 bits per heavy atom. The first kappa shape index (κ1) is 8.12. The third-order valence-electron chi connectivity index (χ3n) is 2.61. The summed E-state index contributed by atoms with van der Waals surface area (Å²) >= 11 is 0. The monoisotopic (exact) mass is 173 g/mol. The Bertz CT molecular complexity index is 390. The molecule has 13 heavy (non-hydrogen) atoms. The van der Waals surface area contributed by atoms with E-state index in [1.807, 2.05) is 13.0 Å². The van der Waals surface area contributed by atoms with E-state index in [4.69, 9.17) is 10.00 Å². The maximum atomic E-state index is 8.77. The third-order valence-corrected chi connectivity index (χ3v) is 2.61. The highest BCUT2D eigenvalue weighted by Crippen LogP contribution is 2.38. The van der Waals surface area contributed by atoms with Gasteiger partial charge in [0.25, 0.3) is 0 Å². The van der Waals surface area contributed by atoms with Crippen LogP contribution >= 0.6 is 0 Å². The molecule has 1 aliphatic carbocycles. The van der Waals surface area contributed by atoms with Gasteiger partial charge in [0.1, 0.15) is 5.75 Å². The number of hydrogen-bond donors (Lipinski definition) is 0. The quantitative estimate of drug-likeness (QED) is 0.652. The van der Waals surface area contributed by atoms with Gasteiger partial charge in [-0.25, -0.2) is 0 Å². The molecule has 66 valence electrons. The van der Waals surface area contributed by atoms with E-state index in [2.05, 4.69) is 12.1 Å². The standard InChI is InChI=1S/C11H11NO/c1-7-3-8-4-9(6-12)10(8)5-11(7)13-2/h3,5,9H,4H2,1-2H3/t9-/m1/s1. The molecular weight excluding hydrogens is 162 g/mol. The van der Waals surface area contributed by atoms with Crippen molar-refractivity contribution in [3.05, 3.63) is 28.8 Å². The second kappa shape index (κ2) is 2.77. The molecular formula is C11H11NO. The lowest BCUT2D eigenvalue weighted by molar-refractivity contribution is 0.410. The van der Waals surface area contributed by atoms with E-state index in [1.54, 1.807) is 7.11 Å². The number of rotatable bonds is 1. The number of aryl methyl sites for hydroxylation is 1. The second-order valence-corrected chi connectivity index (χ2v) is 3.41. The molecule has 0 aromatic heterocycles. The number of methoxy groups -OCH3 is 1. The van der Waals surface area contributed by atoms with Gasteiger partial charge in [-0.1, -0.05) is 6.07 Å². The first-order valence-electron chi connectivity index (χ1n) is 4.33. The van der Waals surface area contributed by atoms with Crippen LogP contribution in [0.1, 0.15) is 22.6 Å². The summed E-state index contributed by atoms with van der Waals surface area (Å²) in [7, 11) is 1.66. The van der Waals surface area contributed by atoms with Gasteiger partial charge >= 0.3 is 0 Å². The Morgan fingerprint density at radius 3 is 2.92 bits per heavy atom. The minimum Gasteiger partial charge on any atom is -0.496 e. The molecule has 1 atom stereocenters. The Morgan fingerprint density at radius 1 is 1.54 bits per heavy atom. The van der Waals surface area contributed by atoms with Gasteiger partial charge in [0.05, 0.1) is 19.1 Å². The van der Waals surface area contributed by atoms with Gasteiger partial charge in [-0.2, -0.15) is 5.26 Å². The number of benzene rings is 1. The lowest BCUT2D eigenvalue weighted by Gasteiger charge is -2.25. The summed E-state index contributed by atoms with van der Waals surface area (Å²) in [5.41, 5.74) is 3.59. The van der Waals surface area contributed by atoms with Crippen LogP contribution in [0.25, 0.3) is 0 Å². The van der Waals surface area contributed by atoms with Crippen molar-refractivity contribution in [2.45, 2.75) is 19.3 Å². The van der Waals surface area contributed by atoms with Gasteiger partial charge in [-0.15, -0.1) is 0 Å². The Kier molecular flexibility index (Phi) is 1.73. The SMILES string of the molecule is COc1cc2c(cc1C)C[C@@H]2C#N. The molecule has 1 aliphatic rings. The van der Waals surface area contributed by atoms with E-state index in [1.165, 1.54) is 5.56 Å². The molecule has 1 aromatic carbocycles. The third kappa shape index (κ3) is 1.08.